The first-order valence-electron chi connectivity index (χ1n) is 8.58. The van der Waals surface area contributed by atoms with Crippen LogP contribution in [0.5, 0.6) is 0 Å². The van der Waals surface area contributed by atoms with Crippen molar-refractivity contribution in [2.24, 2.45) is 5.10 Å². The highest BCUT2D eigenvalue weighted by atomic mass is 32.2. The van der Waals surface area contributed by atoms with Crippen LogP contribution in [0.25, 0.3) is 10.9 Å². The van der Waals surface area contributed by atoms with Crippen LogP contribution in [-0.4, -0.2) is 24.0 Å². The molecule has 1 amide bonds. The maximum Gasteiger partial charge on any atom is 0.268 e. The first-order valence-corrected chi connectivity index (χ1v) is 10.0. The highest BCUT2D eigenvalue weighted by molar-refractivity contribution is 7.90. The predicted molar refractivity (Wildman–Crippen MR) is 106 cm³/mol. The Hall–Kier alpha value is -2.93. The summed E-state index contributed by atoms with van der Waals surface area (Å²) in [6, 6.07) is 12.1. The van der Waals surface area contributed by atoms with Crippen molar-refractivity contribution in [1.82, 2.24) is 3.97 Å². The molecular formula is C20H19N3O3S. The summed E-state index contributed by atoms with van der Waals surface area (Å²) in [4.78, 5) is 12.4. The van der Waals surface area contributed by atoms with E-state index >= 15 is 0 Å². The zero-order chi connectivity index (χ0) is 19.3. The molecule has 0 fully saturated rings. The van der Waals surface area contributed by atoms with Gasteiger partial charge in [-0.15, -0.1) is 0 Å². The van der Waals surface area contributed by atoms with Crippen molar-refractivity contribution in [3.63, 3.8) is 0 Å². The fourth-order valence-corrected chi connectivity index (χ4v) is 4.68. The standard InChI is InChI=1S/C20H19N3O3S/c1-13-4-7-17(8-5-13)27(25,26)22-12-14(2)18-9-6-16(11-19(18)22)23-20(24)10-15(3)21-23/h4-9,11-12H,10H2,1-3H3. The monoisotopic (exact) mass is 381 g/mol. The number of nitrogens with zero attached hydrogens (tertiary/aromatic N) is 3. The Morgan fingerprint density at radius 3 is 2.33 bits per heavy atom. The molecule has 1 aromatic heterocycles. The Bertz CT molecular complexity index is 1210. The van der Waals surface area contributed by atoms with Crippen LogP contribution >= 0.6 is 0 Å². The Morgan fingerprint density at radius 2 is 1.70 bits per heavy atom. The molecule has 0 saturated carbocycles. The zero-order valence-electron chi connectivity index (χ0n) is 15.3. The van der Waals surface area contributed by atoms with Gasteiger partial charge in [0.25, 0.3) is 15.9 Å². The number of amides is 1. The van der Waals surface area contributed by atoms with E-state index in [1.54, 1.807) is 49.5 Å². The lowest BCUT2D eigenvalue weighted by atomic mass is 10.2. The number of rotatable bonds is 3. The largest absolute Gasteiger partial charge is 0.272 e. The second kappa shape index (κ2) is 6.06. The van der Waals surface area contributed by atoms with Gasteiger partial charge in [0.2, 0.25) is 0 Å². The number of carbonyl (C=O) groups excluding carboxylic acids is 1. The third-order valence-corrected chi connectivity index (χ3v) is 6.38. The summed E-state index contributed by atoms with van der Waals surface area (Å²) < 4.78 is 27.6. The lowest BCUT2D eigenvalue weighted by Gasteiger charge is -2.13. The van der Waals surface area contributed by atoms with Gasteiger partial charge in [-0.3, -0.25) is 4.79 Å². The highest BCUT2D eigenvalue weighted by Crippen LogP contribution is 2.30. The normalized spacial score (nSPS) is 14.9. The van der Waals surface area contributed by atoms with E-state index in [0.717, 1.165) is 22.2 Å². The molecule has 2 aromatic carbocycles. The molecule has 0 unspecified atom stereocenters. The van der Waals surface area contributed by atoms with Crippen LogP contribution in [0.1, 0.15) is 24.5 Å². The minimum Gasteiger partial charge on any atom is -0.272 e. The summed E-state index contributed by atoms with van der Waals surface area (Å²) in [5.41, 5.74) is 3.66. The van der Waals surface area contributed by atoms with Crippen LogP contribution in [0.2, 0.25) is 0 Å². The summed E-state index contributed by atoms with van der Waals surface area (Å²) in [7, 11) is -3.75. The van der Waals surface area contributed by atoms with E-state index in [1.165, 1.54) is 8.98 Å². The molecule has 3 aromatic rings. The fraction of sp³-hybridized carbons (Fsp3) is 0.200. The first kappa shape index (κ1) is 17.5. The van der Waals surface area contributed by atoms with Crippen molar-refractivity contribution >= 4 is 38.2 Å². The molecule has 2 heterocycles. The smallest absolute Gasteiger partial charge is 0.268 e. The predicted octanol–water partition coefficient (Wildman–Crippen LogP) is 3.61. The summed E-state index contributed by atoms with van der Waals surface area (Å²) in [5, 5.41) is 6.41. The average molecular weight is 381 g/mol. The van der Waals surface area contributed by atoms with Crippen molar-refractivity contribution < 1.29 is 13.2 Å². The number of hydrogen-bond donors (Lipinski definition) is 0. The van der Waals surface area contributed by atoms with Crippen molar-refractivity contribution in [2.45, 2.75) is 32.1 Å². The number of aromatic nitrogens is 1. The molecule has 0 atom stereocenters. The summed E-state index contributed by atoms with van der Waals surface area (Å²) in [5.74, 6) is -0.122. The van der Waals surface area contributed by atoms with Gasteiger partial charge in [-0.05, 0) is 50.6 Å². The van der Waals surface area contributed by atoms with E-state index in [9.17, 15) is 13.2 Å². The van der Waals surface area contributed by atoms with Gasteiger partial charge in [0.05, 0.1) is 22.5 Å². The number of hydrazone groups is 1. The van der Waals surface area contributed by atoms with E-state index in [1.807, 2.05) is 19.9 Å². The topological polar surface area (TPSA) is 71.7 Å². The highest BCUT2D eigenvalue weighted by Gasteiger charge is 2.25. The number of aryl methyl sites for hydroxylation is 2. The van der Waals surface area contributed by atoms with Crippen molar-refractivity contribution in [3.05, 3.63) is 59.8 Å². The van der Waals surface area contributed by atoms with Crippen LogP contribution in [0.4, 0.5) is 5.69 Å². The molecule has 0 radical (unpaired) electrons. The maximum absolute atomic E-state index is 13.2. The van der Waals surface area contributed by atoms with Crippen LogP contribution in [-0.2, 0) is 14.8 Å². The zero-order valence-corrected chi connectivity index (χ0v) is 16.1. The number of carbonyl (C=O) groups is 1. The second-order valence-electron chi connectivity index (χ2n) is 6.85. The molecule has 0 aliphatic carbocycles. The second-order valence-corrected chi connectivity index (χ2v) is 8.66. The van der Waals surface area contributed by atoms with Crippen molar-refractivity contribution in [1.29, 1.82) is 0 Å². The van der Waals surface area contributed by atoms with Crippen LogP contribution in [0.3, 0.4) is 0 Å². The van der Waals surface area contributed by atoms with Gasteiger partial charge in [-0.1, -0.05) is 23.8 Å². The number of hydrogen-bond acceptors (Lipinski definition) is 4. The summed E-state index contributed by atoms with van der Waals surface area (Å²) in [6.45, 7) is 5.57. The quantitative estimate of drug-likeness (QED) is 0.696. The lowest BCUT2D eigenvalue weighted by Crippen LogP contribution is -2.19. The molecule has 1 aliphatic heterocycles. The molecule has 0 N–H and O–H groups in total. The van der Waals surface area contributed by atoms with Gasteiger partial charge < -0.3 is 0 Å². The molecule has 7 heteroatoms. The summed E-state index contributed by atoms with van der Waals surface area (Å²) >= 11 is 0. The van der Waals surface area contributed by atoms with Crippen molar-refractivity contribution in [2.75, 3.05) is 5.01 Å². The molecule has 1 aliphatic rings. The summed E-state index contributed by atoms with van der Waals surface area (Å²) in [6.07, 6.45) is 1.89. The minimum atomic E-state index is -3.75. The van der Waals surface area contributed by atoms with Gasteiger partial charge in [0.1, 0.15) is 0 Å². The molecule has 27 heavy (non-hydrogen) atoms. The third kappa shape index (κ3) is 2.84. The molecule has 0 saturated heterocycles. The van der Waals surface area contributed by atoms with Crippen LogP contribution in [0, 0.1) is 13.8 Å². The van der Waals surface area contributed by atoms with Crippen molar-refractivity contribution in [3.8, 4) is 0 Å². The fourth-order valence-electron chi connectivity index (χ4n) is 3.26. The van der Waals surface area contributed by atoms with Gasteiger partial charge in [0, 0.05) is 17.3 Å². The Balaban J connectivity index is 1.90. The molecular weight excluding hydrogens is 362 g/mol. The Morgan fingerprint density at radius 1 is 1.00 bits per heavy atom. The lowest BCUT2D eigenvalue weighted by molar-refractivity contribution is -0.116. The van der Waals surface area contributed by atoms with Gasteiger partial charge >= 0.3 is 0 Å². The average Bonchev–Trinajstić information content (AvgIpc) is 3.14. The maximum atomic E-state index is 13.2. The van der Waals surface area contributed by atoms with E-state index in [-0.39, 0.29) is 17.2 Å². The Kier molecular flexibility index (Phi) is 3.92. The Labute approximate surface area is 157 Å². The number of fused-ring (bicyclic) bond motifs is 1. The minimum absolute atomic E-state index is 0.122. The first-order chi connectivity index (χ1) is 12.8. The number of benzene rings is 2. The molecule has 0 bridgehead atoms. The van der Waals surface area contributed by atoms with E-state index in [4.69, 9.17) is 0 Å². The van der Waals surface area contributed by atoms with Crippen LogP contribution < -0.4 is 5.01 Å². The van der Waals surface area contributed by atoms with Gasteiger partial charge in [0.15, 0.2) is 0 Å². The van der Waals surface area contributed by atoms with E-state index in [0.29, 0.717) is 11.2 Å². The molecule has 0 spiro atoms. The SMILES string of the molecule is CC1=NN(c2ccc3c(C)cn(S(=O)(=O)c4ccc(C)cc4)c3c2)C(=O)C1. The van der Waals surface area contributed by atoms with E-state index < -0.39 is 10.0 Å². The van der Waals surface area contributed by atoms with Crippen LogP contribution in [0.15, 0.2) is 58.7 Å². The van der Waals surface area contributed by atoms with Gasteiger partial charge in [-0.25, -0.2) is 17.4 Å². The molecule has 6 nitrogen and oxygen atoms in total. The third-order valence-electron chi connectivity index (χ3n) is 4.69. The van der Waals surface area contributed by atoms with Gasteiger partial charge in [-0.2, -0.15) is 5.10 Å². The molecule has 138 valence electrons. The molecule has 4 rings (SSSR count). The van der Waals surface area contributed by atoms with E-state index in [2.05, 4.69) is 5.10 Å². The number of anilines is 1.